The normalized spacial score (nSPS) is 15.3. The predicted octanol–water partition coefficient (Wildman–Crippen LogP) is -0.907. The average Bonchev–Trinajstić information content (AvgIpc) is 3.00. The number of aliphatic hydroxyl groups is 1. The number of hydrogen-bond acceptors (Lipinski definition) is 12. The number of aliphatic carboxylic acids is 2. The molecule has 4 unspecified atom stereocenters. The number of anilines is 2. The first-order valence-electron chi connectivity index (χ1n) is 12.6. The summed E-state index contributed by atoms with van der Waals surface area (Å²) in [5.74, 6) is -10.4. The van der Waals surface area contributed by atoms with Gasteiger partial charge in [0.25, 0.3) is 11.6 Å². The van der Waals surface area contributed by atoms with Crippen LogP contribution in [0.15, 0.2) is 18.2 Å². The fourth-order valence-corrected chi connectivity index (χ4v) is 3.90. The molecule has 0 aliphatic carbocycles. The number of nitro benzene ring substituents is 1. The zero-order chi connectivity index (χ0) is 32.6. The Morgan fingerprint density at radius 3 is 2.21 bits per heavy atom. The largest absolute Gasteiger partial charge is 0.481 e. The zero-order valence-corrected chi connectivity index (χ0v) is 23.1. The quantitative estimate of drug-likeness (QED) is 0.0857. The summed E-state index contributed by atoms with van der Waals surface area (Å²) >= 11 is 0. The van der Waals surface area contributed by atoms with Crippen molar-refractivity contribution >= 4 is 58.7 Å². The third kappa shape index (κ3) is 9.35. The molecule has 7 N–H and O–H groups in total. The summed E-state index contributed by atoms with van der Waals surface area (Å²) in [5, 5.41) is 45.6. The number of nitro groups is 1. The lowest BCUT2D eigenvalue weighted by Gasteiger charge is -2.26. The molecular formula is C24H30N6O13. The average molecular weight is 611 g/mol. The third-order valence-electron chi connectivity index (χ3n) is 5.91. The van der Waals surface area contributed by atoms with E-state index in [9.17, 15) is 59.0 Å². The van der Waals surface area contributed by atoms with E-state index in [2.05, 4.69) is 10.8 Å². The van der Waals surface area contributed by atoms with Crippen molar-refractivity contribution in [2.75, 3.05) is 16.9 Å². The van der Waals surface area contributed by atoms with E-state index in [1.54, 1.807) is 13.8 Å². The van der Waals surface area contributed by atoms with Crippen molar-refractivity contribution in [3.63, 3.8) is 0 Å². The van der Waals surface area contributed by atoms with Crippen LogP contribution in [0.4, 0.5) is 21.9 Å². The molecule has 0 aromatic heterocycles. The highest BCUT2D eigenvalue weighted by Crippen LogP contribution is 2.31. The molecule has 2 heterocycles. The van der Waals surface area contributed by atoms with Gasteiger partial charge in [-0.1, -0.05) is 13.8 Å². The maximum atomic E-state index is 13.1. The number of nitrogens with zero attached hydrogens (tertiary/aromatic N) is 2. The van der Waals surface area contributed by atoms with E-state index in [-0.39, 0.29) is 23.7 Å². The number of carboxylic acids is 2. The van der Waals surface area contributed by atoms with Gasteiger partial charge in [0.05, 0.1) is 23.1 Å². The van der Waals surface area contributed by atoms with Crippen molar-refractivity contribution in [3.8, 4) is 0 Å². The van der Waals surface area contributed by atoms with Crippen LogP contribution in [0, 0.1) is 22.0 Å². The molecule has 1 aromatic carbocycles. The summed E-state index contributed by atoms with van der Waals surface area (Å²) in [6.45, 7) is 3.51. The number of imide groups is 1. The molecule has 1 aromatic rings. The lowest BCUT2D eigenvalue weighted by molar-refractivity contribution is -0.384. The van der Waals surface area contributed by atoms with Crippen LogP contribution in [0.5, 0.6) is 0 Å². The van der Waals surface area contributed by atoms with Crippen LogP contribution in [-0.4, -0.2) is 86.6 Å². The van der Waals surface area contributed by atoms with Gasteiger partial charge in [-0.05, 0) is 31.4 Å². The number of amides is 5. The van der Waals surface area contributed by atoms with Gasteiger partial charge < -0.3 is 30.8 Å². The number of carbonyl (C=O) groups is 7. The van der Waals surface area contributed by atoms with Gasteiger partial charge in [0.1, 0.15) is 24.3 Å². The molecule has 2 aliphatic rings. The van der Waals surface area contributed by atoms with Crippen LogP contribution in [0.3, 0.4) is 0 Å². The summed E-state index contributed by atoms with van der Waals surface area (Å²) in [5.41, 5.74) is 1.24. The van der Waals surface area contributed by atoms with Crippen LogP contribution >= 0.6 is 0 Å². The van der Waals surface area contributed by atoms with Gasteiger partial charge >= 0.3 is 23.9 Å². The Labute approximate surface area is 242 Å². The number of carboxylic acid groups (broad SMARTS) is 2. The Kier molecular flexibility index (Phi) is 11.4. The van der Waals surface area contributed by atoms with Gasteiger partial charge in [-0.3, -0.25) is 44.3 Å². The first-order chi connectivity index (χ1) is 20.0. The fourth-order valence-electron chi connectivity index (χ4n) is 3.90. The molecule has 0 fully saturated rings. The third-order valence-corrected chi connectivity index (χ3v) is 5.91. The van der Waals surface area contributed by atoms with Crippen molar-refractivity contribution in [3.05, 3.63) is 28.3 Å². The number of hydrogen-bond donors (Lipinski definition) is 7. The number of carbonyl (C=O) groups excluding carboxylic acids is 5. The highest BCUT2D eigenvalue weighted by atomic mass is 16.7. The number of benzene rings is 1. The molecule has 19 nitrogen and oxygen atoms in total. The summed E-state index contributed by atoms with van der Waals surface area (Å²) in [4.78, 5) is 103. The minimum absolute atomic E-state index is 0.115. The zero-order valence-electron chi connectivity index (χ0n) is 23.1. The Hall–Kier alpha value is -5.33. The van der Waals surface area contributed by atoms with Crippen LogP contribution in [0.1, 0.15) is 33.6 Å². The molecule has 2 aliphatic heterocycles. The van der Waals surface area contributed by atoms with Gasteiger partial charge in [-0.15, -0.1) is 0 Å². The molecule has 0 saturated heterocycles. The van der Waals surface area contributed by atoms with Gasteiger partial charge in [0, 0.05) is 6.07 Å². The number of nitrogens with one attached hydrogen (secondary N) is 4. The molecule has 19 heteroatoms. The molecule has 2 bridgehead atoms. The van der Waals surface area contributed by atoms with Gasteiger partial charge in [-0.2, -0.15) is 0 Å². The monoisotopic (exact) mass is 610 g/mol. The second-order valence-corrected chi connectivity index (χ2v) is 9.82. The van der Waals surface area contributed by atoms with Crippen LogP contribution in [0.2, 0.25) is 0 Å². The van der Waals surface area contributed by atoms with Crippen molar-refractivity contribution < 1.29 is 58.6 Å². The summed E-state index contributed by atoms with van der Waals surface area (Å²) in [7, 11) is 0. The number of fused-ring (bicyclic) bond motifs is 6. The van der Waals surface area contributed by atoms with E-state index in [1.807, 2.05) is 10.6 Å². The minimum atomic E-state index is -2.04. The molecule has 0 saturated carbocycles. The van der Waals surface area contributed by atoms with Crippen molar-refractivity contribution in [2.24, 2.45) is 11.8 Å². The smallest absolute Gasteiger partial charge is 0.351 e. The first-order valence-corrected chi connectivity index (χ1v) is 12.6. The molecule has 43 heavy (non-hydrogen) atoms. The molecule has 4 atom stereocenters. The maximum Gasteiger partial charge on any atom is 0.351 e. The molecule has 0 radical (unpaired) electrons. The molecular weight excluding hydrogens is 580 g/mol. The Morgan fingerprint density at radius 1 is 1.05 bits per heavy atom. The first kappa shape index (κ1) is 33.9. The number of rotatable bonds is 12. The minimum Gasteiger partial charge on any atom is -0.481 e. The van der Waals surface area contributed by atoms with E-state index in [0.29, 0.717) is 4.90 Å². The van der Waals surface area contributed by atoms with E-state index < -0.39 is 89.3 Å². The van der Waals surface area contributed by atoms with Crippen LogP contribution in [-0.2, 0) is 33.6 Å². The second-order valence-electron chi connectivity index (χ2n) is 9.82. The topological polar surface area (TPSA) is 284 Å². The standard InChI is InChI=1S/C24H30N6O13/c1-10(2)6-14(25-20(35)15(8-17(32)33)26-22(37)19(11(3)31)23(38)39)21(36)27-24(40)29-9-18(34)43-28-13-5-4-12(29)7-16(13)30(41)42/h4-5,7,10-11,14-15,19,28,31H,6,8-9H2,1-3H3,(H,25,35)(H,26,37)(H,32,33)(H,38,39)(H,27,36,40). The van der Waals surface area contributed by atoms with E-state index >= 15 is 0 Å². The summed E-state index contributed by atoms with van der Waals surface area (Å²) < 4.78 is 0. The van der Waals surface area contributed by atoms with E-state index in [1.165, 1.54) is 12.1 Å². The number of aliphatic hydroxyl groups excluding tert-OH is 1. The number of urea groups is 1. The lowest BCUT2D eigenvalue weighted by atomic mass is 10.0. The van der Waals surface area contributed by atoms with E-state index in [0.717, 1.165) is 13.0 Å². The van der Waals surface area contributed by atoms with Crippen molar-refractivity contribution in [1.29, 1.82) is 0 Å². The van der Waals surface area contributed by atoms with Crippen molar-refractivity contribution in [1.82, 2.24) is 16.0 Å². The maximum absolute atomic E-state index is 13.1. The van der Waals surface area contributed by atoms with Crippen LogP contribution < -0.4 is 26.3 Å². The Morgan fingerprint density at radius 2 is 1.67 bits per heavy atom. The SMILES string of the molecule is CC(C)CC(NC(=O)C(CC(=O)O)NC(=O)C(C(=O)O)C(C)O)C(=O)NC(=O)N1CC(=O)ONc2ccc1cc2[N+](=O)[O-]. The lowest BCUT2D eigenvalue weighted by Crippen LogP contribution is -2.57. The van der Waals surface area contributed by atoms with Crippen molar-refractivity contribution in [2.45, 2.75) is 51.8 Å². The van der Waals surface area contributed by atoms with Gasteiger partial charge in [0.2, 0.25) is 11.8 Å². The molecule has 0 spiro atoms. The molecule has 3 rings (SSSR count). The predicted molar refractivity (Wildman–Crippen MR) is 142 cm³/mol. The van der Waals surface area contributed by atoms with E-state index in [4.69, 9.17) is 4.84 Å². The van der Waals surface area contributed by atoms with Gasteiger partial charge in [-0.25, -0.2) is 15.1 Å². The highest BCUT2D eigenvalue weighted by molar-refractivity contribution is 6.07. The Bertz CT molecular complexity index is 1310. The summed E-state index contributed by atoms with van der Waals surface area (Å²) in [6, 6.07) is -1.27. The van der Waals surface area contributed by atoms with Crippen LogP contribution in [0.25, 0.3) is 0 Å². The fraction of sp³-hybridized carbons (Fsp3) is 0.458. The summed E-state index contributed by atoms with van der Waals surface area (Å²) in [6.07, 6.45) is -2.84. The molecule has 5 amide bonds. The Balaban J connectivity index is 2.29. The molecule has 234 valence electrons. The second kappa shape index (κ2) is 14.5. The van der Waals surface area contributed by atoms with Gasteiger partial charge in [0.15, 0.2) is 5.92 Å². The highest BCUT2D eigenvalue weighted by Gasteiger charge is 2.36.